The smallest absolute Gasteiger partial charge is 0.237 e. The maximum atomic E-state index is 12.1. The molecule has 0 aromatic heterocycles. The van der Waals surface area contributed by atoms with Crippen LogP contribution in [0.25, 0.3) is 0 Å². The fourth-order valence-corrected chi connectivity index (χ4v) is 4.36. The molecule has 2 atom stereocenters. The van der Waals surface area contributed by atoms with Gasteiger partial charge in [-0.25, -0.2) is 0 Å². The van der Waals surface area contributed by atoms with E-state index in [1.807, 2.05) is 0 Å². The van der Waals surface area contributed by atoms with Gasteiger partial charge in [-0.05, 0) is 71.8 Å². The van der Waals surface area contributed by atoms with E-state index >= 15 is 0 Å². The summed E-state index contributed by atoms with van der Waals surface area (Å²) in [5, 5.41) is 3.59. The first-order valence-electron chi connectivity index (χ1n) is 8.27. The first-order chi connectivity index (χ1) is 9.43. The maximum Gasteiger partial charge on any atom is 0.237 e. The van der Waals surface area contributed by atoms with Gasteiger partial charge in [-0.15, -0.1) is 0 Å². The summed E-state index contributed by atoms with van der Waals surface area (Å²) in [4.78, 5) is 14.7. The van der Waals surface area contributed by atoms with Crippen molar-refractivity contribution < 1.29 is 4.79 Å². The number of amides is 1. The van der Waals surface area contributed by atoms with Crippen LogP contribution in [0.4, 0.5) is 0 Å². The second-order valence-corrected chi connectivity index (χ2v) is 7.72. The number of primary amides is 1. The topological polar surface area (TPSA) is 58.4 Å². The van der Waals surface area contributed by atoms with Gasteiger partial charge in [0.25, 0.3) is 0 Å². The second kappa shape index (κ2) is 4.99. The summed E-state index contributed by atoms with van der Waals surface area (Å²) in [6.07, 6.45) is 9.10. The monoisotopic (exact) mass is 279 g/mol. The molecule has 0 bridgehead atoms. The van der Waals surface area contributed by atoms with Crippen LogP contribution in [0.2, 0.25) is 0 Å². The molecule has 114 valence electrons. The van der Waals surface area contributed by atoms with Crippen LogP contribution in [0.15, 0.2) is 0 Å². The molecule has 1 saturated heterocycles. The zero-order valence-corrected chi connectivity index (χ0v) is 13.0. The van der Waals surface area contributed by atoms with Gasteiger partial charge in [0, 0.05) is 17.6 Å². The van der Waals surface area contributed by atoms with Crippen molar-refractivity contribution in [2.45, 2.75) is 88.4 Å². The lowest BCUT2D eigenvalue weighted by Gasteiger charge is -2.46. The highest BCUT2D eigenvalue weighted by Crippen LogP contribution is 2.39. The Morgan fingerprint density at radius 1 is 1.20 bits per heavy atom. The molecular weight excluding hydrogens is 250 g/mol. The lowest BCUT2D eigenvalue weighted by Crippen LogP contribution is -2.62. The van der Waals surface area contributed by atoms with Crippen molar-refractivity contribution in [2.75, 3.05) is 6.54 Å². The van der Waals surface area contributed by atoms with Crippen LogP contribution in [0.3, 0.4) is 0 Å². The quantitative estimate of drug-likeness (QED) is 0.824. The predicted octanol–water partition coefficient (Wildman–Crippen LogP) is 1.78. The number of hydrogen-bond donors (Lipinski definition) is 2. The van der Waals surface area contributed by atoms with Gasteiger partial charge in [-0.1, -0.05) is 0 Å². The number of nitrogens with zero attached hydrogens (tertiary/aromatic N) is 1. The standard InChI is InChI=1S/C16H29N3O/c1-15(2)8-4-10-19(15)13-5-3-9-16(11-13,14(17)20)18-12-6-7-12/h12-13,18H,3-11H2,1-2H3,(H2,17,20). The van der Waals surface area contributed by atoms with Gasteiger partial charge in [-0.3, -0.25) is 9.69 Å². The van der Waals surface area contributed by atoms with E-state index in [9.17, 15) is 4.79 Å². The van der Waals surface area contributed by atoms with Gasteiger partial charge < -0.3 is 11.1 Å². The van der Waals surface area contributed by atoms with Crippen LogP contribution < -0.4 is 11.1 Å². The minimum absolute atomic E-state index is 0.133. The van der Waals surface area contributed by atoms with Gasteiger partial charge in [0.05, 0.1) is 5.54 Å². The van der Waals surface area contributed by atoms with Crippen LogP contribution in [0.5, 0.6) is 0 Å². The molecule has 3 fully saturated rings. The number of rotatable bonds is 4. The zero-order chi connectivity index (χ0) is 14.4. The fourth-order valence-electron chi connectivity index (χ4n) is 4.36. The molecule has 2 unspecified atom stereocenters. The van der Waals surface area contributed by atoms with Crippen molar-refractivity contribution in [2.24, 2.45) is 5.73 Å². The molecule has 0 aromatic rings. The number of nitrogens with two attached hydrogens (primary N) is 1. The Morgan fingerprint density at radius 2 is 1.95 bits per heavy atom. The fraction of sp³-hybridized carbons (Fsp3) is 0.938. The minimum Gasteiger partial charge on any atom is -0.368 e. The Hall–Kier alpha value is -0.610. The lowest BCUT2D eigenvalue weighted by molar-refractivity contribution is -0.127. The largest absolute Gasteiger partial charge is 0.368 e. The predicted molar refractivity (Wildman–Crippen MR) is 80.4 cm³/mol. The number of carbonyl (C=O) groups is 1. The summed E-state index contributed by atoms with van der Waals surface area (Å²) in [5.74, 6) is -0.133. The molecule has 0 spiro atoms. The third-order valence-corrected chi connectivity index (χ3v) is 5.66. The van der Waals surface area contributed by atoms with E-state index in [0.717, 1.165) is 19.3 Å². The van der Waals surface area contributed by atoms with Crippen molar-refractivity contribution in [3.63, 3.8) is 0 Å². The van der Waals surface area contributed by atoms with Crippen molar-refractivity contribution in [1.82, 2.24) is 10.2 Å². The molecule has 2 saturated carbocycles. The van der Waals surface area contributed by atoms with E-state index in [1.165, 1.54) is 38.6 Å². The van der Waals surface area contributed by atoms with Crippen molar-refractivity contribution in [3.05, 3.63) is 0 Å². The van der Waals surface area contributed by atoms with Gasteiger partial charge in [0.2, 0.25) is 5.91 Å². The van der Waals surface area contributed by atoms with Crippen molar-refractivity contribution in [3.8, 4) is 0 Å². The number of nitrogens with one attached hydrogen (secondary N) is 1. The molecule has 4 nitrogen and oxygen atoms in total. The molecule has 4 heteroatoms. The summed E-state index contributed by atoms with van der Waals surface area (Å²) >= 11 is 0. The van der Waals surface area contributed by atoms with E-state index in [0.29, 0.717) is 12.1 Å². The Bertz CT molecular complexity index is 391. The normalized spacial score (nSPS) is 38.0. The third-order valence-electron chi connectivity index (χ3n) is 5.66. The van der Waals surface area contributed by atoms with Crippen LogP contribution in [-0.2, 0) is 4.79 Å². The first kappa shape index (κ1) is 14.3. The molecule has 3 rings (SSSR count). The molecule has 3 aliphatic rings. The van der Waals surface area contributed by atoms with Crippen LogP contribution in [0.1, 0.15) is 65.2 Å². The summed E-state index contributed by atoms with van der Waals surface area (Å²) < 4.78 is 0. The second-order valence-electron chi connectivity index (χ2n) is 7.72. The maximum absolute atomic E-state index is 12.1. The summed E-state index contributed by atoms with van der Waals surface area (Å²) in [7, 11) is 0. The summed E-state index contributed by atoms with van der Waals surface area (Å²) in [6, 6.07) is 1.05. The SMILES string of the molecule is CC1(C)CCCN1C1CCCC(NC2CC2)(C(N)=O)C1. The Morgan fingerprint density at radius 3 is 2.50 bits per heavy atom. The molecular formula is C16H29N3O. The number of likely N-dealkylation sites (tertiary alicyclic amines) is 1. The van der Waals surface area contributed by atoms with E-state index < -0.39 is 5.54 Å². The molecule has 3 N–H and O–H groups in total. The molecule has 2 aliphatic carbocycles. The van der Waals surface area contributed by atoms with Gasteiger partial charge in [0.15, 0.2) is 0 Å². The van der Waals surface area contributed by atoms with Crippen LogP contribution >= 0.6 is 0 Å². The van der Waals surface area contributed by atoms with E-state index in [-0.39, 0.29) is 11.4 Å². The summed E-state index contributed by atoms with van der Waals surface area (Å²) in [6.45, 7) is 5.86. The Kier molecular flexibility index (Phi) is 3.57. The Labute approximate surface area is 122 Å². The van der Waals surface area contributed by atoms with Crippen molar-refractivity contribution in [1.29, 1.82) is 0 Å². The average molecular weight is 279 g/mol. The average Bonchev–Trinajstić information content (AvgIpc) is 3.11. The van der Waals surface area contributed by atoms with Gasteiger partial charge >= 0.3 is 0 Å². The molecule has 1 aliphatic heterocycles. The highest BCUT2D eigenvalue weighted by Gasteiger charge is 2.48. The van der Waals surface area contributed by atoms with E-state index in [1.54, 1.807) is 0 Å². The van der Waals surface area contributed by atoms with Crippen molar-refractivity contribution >= 4 is 5.91 Å². The molecule has 0 aromatic carbocycles. The zero-order valence-electron chi connectivity index (χ0n) is 13.0. The molecule has 1 heterocycles. The number of hydrogen-bond acceptors (Lipinski definition) is 3. The van der Waals surface area contributed by atoms with Crippen LogP contribution in [-0.4, -0.2) is 40.5 Å². The molecule has 1 amide bonds. The lowest BCUT2D eigenvalue weighted by atomic mass is 9.77. The highest BCUT2D eigenvalue weighted by atomic mass is 16.1. The molecule has 0 radical (unpaired) electrons. The minimum atomic E-state index is -0.442. The summed E-state index contributed by atoms with van der Waals surface area (Å²) in [5.41, 5.74) is 5.63. The van der Waals surface area contributed by atoms with Gasteiger partial charge in [-0.2, -0.15) is 0 Å². The third kappa shape index (κ3) is 2.60. The Balaban J connectivity index is 1.75. The van der Waals surface area contributed by atoms with Gasteiger partial charge in [0.1, 0.15) is 0 Å². The van der Waals surface area contributed by atoms with Crippen LogP contribution in [0, 0.1) is 0 Å². The molecule has 20 heavy (non-hydrogen) atoms. The first-order valence-corrected chi connectivity index (χ1v) is 8.27. The van der Waals surface area contributed by atoms with E-state index in [4.69, 9.17) is 5.73 Å². The number of carbonyl (C=O) groups excluding carboxylic acids is 1. The van der Waals surface area contributed by atoms with E-state index in [2.05, 4.69) is 24.1 Å². The highest BCUT2D eigenvalue weighted by molar-refractivity contribution is 5.85.